The molecule has 35 heavy (non-hydrogen) atoms. The molecule has 1 atom stereocenters. The fourth-order valence-electron chi connectivity index (χ4n) is 2.99. The monoisotopic (exact) mass is 523 g/mol. The molecule has 0 aliphatic heterocycles. The first-order valence-corrected chi connectivity index (χ1v) is 11.9. The quantitative estimate of drug-likeness (QED) is 0.262. The molecule has 2 aromatic carbocycles. The normalized spacial score (nSPS) is 11.9. The van der Waals surface area contributed by atoms with Crippen LogP contribution in [0.25, 0.3) is 0 Å². The topological polar surface area (TPSA) is 117 Å². The molecule has 0 aliphatic carbocycles. The van der Waals surface area contributed by atoms with E-state index < -0.39 is 23.4 Å². The molecule has 2 aromatic rings. The Kier molecular flexibility index (Phi) is 10.8. The predicted molar refractivity (Wildman–Crippen MR) is 137 cm³/mol. The lowest BCUT2D eigenvalue weighted by Crippen LogP contribution is -2.43. The van der Waals surface area contributed by atoms with Gasteiger partial charge in [-0.1, -0.05) is 68.2 Å². The number of aliphatic hydroxyl groups excluding tert-OH is 1. The van der Waals surface area contributed by atoms with Crippen LogP contribution < -0.4 is 16.0 Å². The van der Waals surface area contributed by atoms with Crippen molar-refractivity contribution in [1.29, 1.82) is 0 Å². The maximum atomic E-state index is 12.3. The first-order valence-electron chi connectivity index (χ1n) is 11.2. The molecule has 0 aromatic heterocycles. The zero-order valence-electron chi connectivity index (χ0n) is 20.0. The van der Waals surface area contributed by atoms with Crippen LogP contribution in [-0.4, -0.2) is 48.7 Å². The van der Waals surface area contributed by atoms with Gasteiger partial charge >= 0.3 is 5.97 Å². The van der Waals surface area contributed by atoms with Crippen LogP contribution in [0.15, 0.2) is 42.5 Å². The molecule has 0 aliphatic rings. The van der Waals surface area contributed by atoms with Crippen molar-refractivity contribution in [3.05, 3.63) is 58.1 Å². The van der Waals surface area contributed by atoms with Crippen molar-refractivity contribution in [3.8, 4) is 0 Å². The Hall–Kier alpha value is -2.81. The molecule has 0 unspecified atom stereocenters. The summed E-state index contributed by atoms with van der Waals surface area (Å²) in [5.41, 5.74) is 1.33. The third-order valence-electron chi connectivity index (χ3n) is 4.98. The molecule has 2 rings (SSSR count). The second-order valence-corrected chi connectivity index (χ2v) is 9.75. The Balaban J connectivity index is 1.73. The molecule has 0 spiro atoms. The van der Waals surface area contributed by atoms with E-state index >= 15 is 0 Å². The van der Waals surface area contributed by atoms with Crippen LogP contribution >= 0.6 is 23.2 Å². The van der Waals surface area contributed by atoms with Crippen LogP contribution in [0.2, 0.25) is 10.0 Å². The van der Waals surface area contributed by atoms with Gasteiger partial charge in [-0.3, -0.25) is 14.4 Å². The Morgan fingerprint density at radius 2 is 1.63 bits per heavy atom. The molecule has 0 heterocycles. The molecular formula is C25H31Cl2N3O5. The second kappa shape index (κ2) is 13.3. The van der Waals surface area contributed by atoms with Gasteiger partial charge in [-0.25, -0.2) is 0 Å². The van der Waals surface area contributed by atoms with E-state index in [2.05, 4.69) is 16.0 Å². The molecular weight excluding hydrogens is 493 g/mol. The smallest absolute Gasteiger partial charge is 0.310 e. The third kappa shape index (κ3) is 9.39. The molecule has 190 valence electrons. The second-order valence-electron chi connectivity index (χ2n) is 8.94. The van der Waals surface area contributed by atoms with E-state index in [0.717, 1.165) is 0 Å². The Morgan fingerprint density at radius 3 is 2.29 bits per heavy atom. The average Bonchev–Trinajstić information content (AvgIpc) is 2.79. The number of anilines is 2. The largest absolute Gasteiger partial charge is 0.464 e. The summed E-state index contributed by atoms with van der Waals surface area (Å²) in [7, 11) is 0. The summed E-state index contributed by atoms with van der Waals surface area (Å²) in [5, 5.41) is 19.1. The van der Waals surface area contributed by atoms with E-state index in [1.165, 1.54) is 0 Å². The lowest BCUT2D eigenvalue weighted by atomic mass is 9.89. The number of hydrogen-bond acceptors (Lipinski definition) is 6. The number of benzene rings is 2. The Morgan fingerprint density at radius 1 is 0.971 bits per heavy atom. The number of hydrogen-bond donors (Lipinski definition) is 4. The van der Waals surface area contributed by atoms with Gasteiger partial charge in [0, 0.05) is 18.7 Å². The standard InChI is InChI=1S/C25H31Cl2N3O5/c1-25(2,3)23(33)24(34)29-12-11-20(31)28-13-14-35-21(32)15-16-7-4-5-10-19(16)30-22-17(26)8-6-9-18(22)27/h4-10,23,30,33H,11-15H2,1-3H3,(H,28,31)(H,29,34)/t23-/m0/s1. The molecule has 10 heteroatoms. The lowest BCUT2D eigenvalue weighted by molar-refractivity contribution is -0.143. The molecule has 8 nitrogen and oxygen atoms in total. The minimum atomic E-state index is -1.16. The fourth-order valence-corrected chi connectivity index (χ4v) is 3.48. The van der Waals surface area contributed by atoms with Gasteiger partial charge in [0.15, 0.2) is 0 Å². The molecule has 0 radical (unpaired) electrons. The molecule has 0 saturated carbocycles. The van der Waals surface area contributed by atoms with Crippen LogP contribution in [-0.2, 0) is 25.5 Å². The first kappa shape index (κ1) is 28.4. The van der Waals surface area contributed by atoms with Crippen LogP contribution in [0.5, 0.6) is 0 Å². The zero-order valence-corrected chi connectivity index (χ0v) is 21.5. The van der Waals surface area contributed by atoms with Crippen molar-refractivity contribution < 1.29 is 24.2 Å². The number of carbonyl (C=O) groups excluding carboxylic acids is 3. The highest BCUT2D eigenvalue weighted by molar-refractivity contribution is 6.39. The van der Waals surface area contributed by atoms with Gasteiger partial charge in [-0.15, -0.1) is 0 Å². The summed E-state index contributed by atoms with van der Waals surface area (Å²) >= 11 is 12.4. The minimum Gasteiger partial charge on any atom is -0.464 e. The maximum Gasteiger partial charge on any atom is 0.310 e. The van der Waals surface area contributed by atoms with Gasteiger partial charge in [0.05, 0.1) is 28.7 Å². The molecule has 4 N–H and O–H groups in total. The van der Waals surface area contributed by atoms with Crippen molar-refractivity contribution >= 4 is 52.4 Å². The highest BCUT2D eigenvalue weighted by Crippen LogP contribution is 2.33. The van der Waals surface area contributed by atoms with Gasteiger partial charge < -0.3 is 25.8 Å². The lowest BCUT2D eigenvalue weighted by Gasteiger charge is -2.24. The van der Waals surface area contributed by atoms with Crippen molar-refractivity contribution in [1.82, 2.24) is 10.6 Å². The highest BCUT2D eigenvalue weighted by Gasteiger charge is 2.28. The van der Waals surface area contributed by atoms with E-state index in [1.54, 1.807) is 45.0 Å². The van der Waals surface area contributed by atoms with Crippen LogP contribution in [0.1, 0.15) is 32.8 Å². The molecule has 0 bridgehead atoms. The van der Waals surface area contributed by atoms with Gasteiger partial charge in [0.25, 0.3) is 0 Å². The number of amides is 2. The average molecular weight is 524 g/mol. The van der Waals surface area contributed by atoms with Gasteiger partial charge in [0.1, 0.15) is 12.7 Å². The van der Waals surface area contributed by atoms with Crippen LogP contribution in [0.3, 0.4) is 0 Å². The number of rotatable bonds is 11. The Bertz CT molecular complexity index is 1020. The van der Waals surface area contributed by atoms with Crippen molar-refractivity contribution in [3.63, 3.8) is 0 Å². The summed E-state index contributed by atoms with van der Waals surface area (Å²) in [6.45, 7) is 5.47. The number of esters is 1. The van der Waals surface area contributed by atoms with E-state index in [4.69, 9.17) is 27.9 Å². The molecule has 0 fully saturated rings. The van der Waals surface area contributed by atoms with Gasteiger partial charge in [-0.05, 0) is 29.2 Å². The van der Waals surface area contributed by atoms with Crippen LogP contribution in [0, 0.1) is 5.41 Å². The maximum absolute atomic E-state index is 12.3. The molecule has 2 amide bonds. The number of ether oxygens (including phenoxy) is 1. The summed E-state index contributed by atoms with van der Waals surface area (Å²) in [6.07, 6.45) is -1.10. The summed E-state index contributed by atoms with van der Waals surface area (Å²) in [6, 6.07) is 12.4. The molecule has 0 saturated heterocycles. The van der Waals surface area contributed by atoms with E-state index in [-0.39, 0.29) is 38.4 Å². The zero-order chi connectivity index (χ0) is 26.0. The summed E-state index contributed by atoms with van der Waals surface area (Å²) in [4.78, 5) is 36.1. The number of para-hydroxylation sites is 2. The number of halogens is 2. The van der Waals surface area contributed by atoms with E-state index in [0.29, 0.717) is 27.0 Å². The number of carbonyl (C=O) groups is 3. The number of nitrogens with one attached hydrogen (secondary N) is 3. The van der Waals surface area contributed by atoms with Gasteiger partial charge in [0.2, 0.25) is 11.8 Å². The van der Waals surface area contributed by atoms with Crippen molar-refractivity contribution in [2.24, 2.45) is 5.41 Å². The summed E-state index contributed by atoms with van der Waals surface area (Å²) < 4.78 is 5.22. The predicted octanol–water partition coefficient (Wildman–Crippen LogP) is 3.85. The van der Waals surface area contributed by atoms with Crippen molar-refractivity contribution in [2.75, 3.05) is 25.0 Å². The van der Waals surface area contributed by atoms with E-state index in [1.807, 2.05) is 18.2 Å². The first-order chi connectivity index (χ1) is 16.5. The van der Waals surface area contributed by atoms with Crippen molar-refractivity contribution in [2.45, 2.75) is 39.7 Å². The minimum absolute atomic E-state index is 0.00556. The van der Waals surface area contributed by atoms with E-state index in [9.17, 15) is 19.5 Å². The SMILES string of the molecule is CC(C)(C)[C@@H](O)C(=O)NCCC(=O)NCCOC(=O)Cc1ccccc1Nc1c(Cl)cccc1Cl. The van der Waals surface area contributed by atoms with Gasteiger partial charge in [-0.2, -0.15) is 0 Å². The third-order valence-corrected chi connectivity index (χ3v) is 5.61. The number of aliphatic hydroxyl groups is 1. The highest BCUT2D eigenvalue weighted by atomic mass is 35.5. The van der Waals surface area contributed by atoms with Crippen LogP contribution in [0.4, 0.5) is 11.4 Å². The fraction of sp³-hybridized carbons (Fsp3) is 0.400. The summed E-state index contributed by atoms with van der Waals surface area (Å²) in [5.74, 6) is -1.29. The Labute approximate surface area is 215 Å².